The van der Waals surface area contributed by atoms with Gasteiger partial charge in [0.15, 0.2) is 17.8 Å². The molecule has 238 valence electrons. The maximum atomic E-state index is 14.2. The summed E-state index contributed by atoms with van der Waals surface area (Å²) in [5.74, 6) is -3.15. The van der Waals surface area contributed by atoms with E-state index >= 15 is 0 Å². The lowest BCUT2D eigenvalue weighted by Gasteiger charge is -2.39. The predicted octanol–water partition coefficient (Wildman–Crippen LogP) is 0.484. The van der Waals surface area contributed by atoms with Gasteiger partial charge in [0.25, 0.3) is 5.56 Å². The van der Waals surface area contributed by atoms with Gasteiger partial charge in [0.1, 0.15) is 6.54 Å². The van der Waals surface area contributed by atoms with Gasteiger partial charge in [-0.3, -0.25) is 19.1 Å². The molecule has 5 heterocycles. The second kappa shape index (κ2) is 11.7. The third-order valence-corrected chi connectivity index (χ3v) is 9.00. The van der Waals surface area contributed by atoms with Crippen LogP contribution in [0.5, 0.6) is 0 Å². The van der Waals surface area contributed by atoms with E-state index < -0.39 is 42.1 Å². The third kappa shape index (κ3) is 5.33. The van der Waals surface area contributed by atoms with Crippen LogP contribution in [0.15, 0.2) is 33.9 Å². The highest BCUT2D eigenvalue weighted by molar-refractivity contribution is 6.31. The fourth-order valence-corrected chi connectivity index (χ4v) is 6.66. The van der Waals surface area contributed by atoms with E-state index in [1.807, 2.05) is 4.90 Å². The van der Waals surface area contributed by atoms with Gasteiger partial charge in [-0.1, -0.05) is 29.8 Å². The molecule has 6 rings (SSSR count). The first-order chi connectivity index (χ1) is 21.0. The number of alkyl halides is 3. The number of benzene rings is 1. The van der Waals surface area contributed by atoms with Gasteiger partial charge >= 0.3 is 17.8 Å². The largest absolute Gasteiger partial charge is 0.493 e. The number of halogens is 4. The van der Waals surface area contributed by atoms with Gasteiger partial charge in [-0.15, -0.1) is 5.06 Å². The van der Waals surface area contributed by atoms with Crippen molar-refractivity contribution in [1.29, 1.82) is 0 Å². The average Bonchev–Trinajstić information content (AvgIpc) is 3.69. The molecule has 3 fully saturated rings. The zero-order valence-corrected chi connectivity index (χ0v) is 24.5. The van der Waals surface area contributed by atoms with E-state index in [4.69, 9.17) is 21.2 Å². The number of aromatic nitrogens is 2. The van der Waals surface area contributed by atoms with Crippen LogP contribution in [-0.4, -0.2) is 95.3 Å². The number of morpholine rings is 1. The molecular weight excluding hydrogens is 611 g/mol. The minimum Gasteiger partial charge on any atom is -0.378 e. The van der Waals surface area contributed by atoms with Crippen molar-refractivity contribution in [3.63, 3.8) is 0 Å². The lowest BCUT2D eigenvalue weighted by molar-refractivity contribution is -0.203. The summed E-state index contributed by atoms with van der Waals surface area (Å²) in [6.45, 7) is 2.15. The molecule has 0 aliphatic carbocycles. The van der Waals surface area contributed by atoms with Crippen LogP contribution in [-0.2, 0) is 39.3 Å². The number of hydrogen-bond acceptors (Lipinski definition) is 10. The number of nitrogens with one attached hydrogen (secondary N) is 1. The molecule has 3 atom stereocenters. The summed E-state index contributed by atoms with van der Waals surface area (Å²) in [6, 6.07) is 6.62. The Morgan fingerprint density at radius 2 is 1.84 bits per heavy atom. The molecule has 2 aromatic rings. The third-order valence-electron chi connectivity index (χ3n) is 8.63. The summed E-state index contributed by atoms with van der Waals surface area (Å²) in [6.07, 6.45) is -5.88. The minimum absolute atomic E-state index is 0.0798. The summed E-state index contributed by atoms with van der Waals surface area (Å²) in [4.78, 5) is 63.1. The van der Waals surface area contributed by atoms with Crippen molar-refractivity contribution in [2.24, 2.45) is 13.0 Å². The molecule has 0 spiro atoms. The van der Waals surface area contributed by atoms with Crippen molar-refractivity contribution in [2.45, 2.75) is 38.0 Å². The van der Waals surface area contributed by atoms with Crippen molar-refractivity contribution in [1.82, 2.24) is 24.3 Å². The molecule has 0 bridgehead atoms. The van der Waals surface area contributed by atoms with Crippen LogP contribution in [0.3, 0.4) is 0 Å². The Kier molecular flexibility index (Phi) is 8.11. The van der Waals surface area contributed by atoms with E-state index in [1.54, 1.807) is 24.3 Å². The van der Waals surface area contributed by atoms with Crippen molar-refractivity contribution in [3.8, 4) is 0 Å². The molecule has 1 amide bonds. The van der Waals surface area contributed by atoms with E-state index in [0.717, 1.165) is 9.13 Å². The van der Waals surface area contributed by atoms with Crippen molar-refractivity contribution in [2.75, 3.05) is 55.9 Å². The molecule has 0 saturated carbocycles. The molecule has 44 heavy (non-hydrogen) atoms. The average molecular weight is 642 g/mol. The Bertz CT molecular complexity index is 1580. The first kappa shape index (κ1) is 30.4. The zero-order chi connectivity index (χ0) is 31.3. The summed E-state index contributed by atoms with van der Waals surface area (Å²) in [5, 5.41) is 4.34. The van der Waals surface area contributed by atoms with Crippen LogP contribution in [0.4, 0.5) is 24.7 Å². The number of amides is 1. The van der Waals surface area contributed by atoms with Gasteiger partial charge in [-0.05, 0) is 30.5 Å². The maximum absolute atomic E-state index is 14.2. The maximum Gasteiger partial charge on any atom is 0.493 e. The molecule has 0 radical (unpaired) electrons. The minimum atomic E-state index is -5.36. The van der Waals surface area contributed by atoms with E-state index in [0.29, 0.717) is 54.9 Å². The standard InChI is InChI=1S/C27H31ClF3N7O6/c1-33-22-21(23(40)37(26(33)42)15-20(39)34-8-10-43-11-9-34)36(14-17-4-2-3-5-18(17)28)25(38(22)44-24(41)27(29,30)31)35-7-6-16-12-32-13-19(16)35/h2-5,16,19,25,32H,6-15H2,1H3. The van der Waals surface area contributed by atoms with E-state index in [-0.39, 0.29) is 43.1 Å². The van der Waals surface area contributed by atoms with Crippen molar-refractivity contribution >= 4 is 35.0 Å². The molecule has 4 aliphatic rings. The molecule has 4 aliphatic heterocycles. The van der Waals surface area contributed by atoms with Gasteiger partial charge < -0.3 is 24.7 Å². The highest BCUT2D eigenvalue weighted by Crippen LogP contribution is 2.43. The van der Waals surface area contributed by atoms with Crippen LogP contribution < -0.4 is 26.5 Å². The number of carbonyl (C=O) groups is 2. The molecule has 3 unspecified atom stereocenters. The molecule has 17 heteroatoms. The predicted molar refractivity (Wildman–Crippen MR) is 151 cm³/mol. The van der Waals surface area contributed by atoms with Crippen molar-refractivity contribution in [3.05, 3.63) is 55.7 Å². The van der Waals surface area contributed by atoms with E-state index in [2.05, 4.69) is 5.32 Å². The number of likely N-dealkylation sites (tertiary alicyclic amines) is 1. The number of hydroxylamine groups is 1. The Morgan fingerprint density at radius 1 is 1.11 bits per heavy atom. The number of fused-ring (bicyclic) bond motifs is 2. The van der Waals surface area contributed by atoms with E-state index in [1.165, 1.54) is 16.8 Å². The monoisotopic (exact) mass is 641 g/mol. The van der Waals surface area contributed by atoms with Crippen LogP contribution in [0.2, 0.25) is 5.02 Å². The van der Waals surface area contributed by atoms with Crippen LogP contribution in [0.25, 0.3) is 0 Å². The highest BCUT2D eigenvalue weighted by Gasteiger charge is 2.54. The number of rotatable bonds is 6. The van der Waals surface area contributed by atoms with Crippen LogP contribution in [0, 0.1) is 5.92 Å². The number of ether oxygens (including phenoxy) is 1. The molecule has 13 nitrogen and oxygen atoms in total. The SMILES string of the molecule is Cn1c2c(c(=O)n(CC(=O)N3CCOCC3)c1=O)N(Cc1ccccc1Cl)C(N1CCC3CNCC31)N2OC(=O)C(F)(F)F. The second-order valence-corrected chi connectivity index (χ2v) is 11.6. The zero-order valence-electron chi connectivity index (χ0n) is 23.8. The Balaban J connectivity index is 1.51. The highest BCUT2D eigenvalue weighted by atomic mass is 35.5. The molecule has 1 N–H and O–H groups in total. The summed E-state index contributed by atoms with van der Waals surface area (Å²) < 4.78 is 47.8. The number of nitrogens with zero attached hydrogens (tertiary/aromatic N) is 6. The fourth-order valence-electron chi connectivity index (χ4n) is 6.47. The lowest BCUT2D eigenvalue weighted by Crippen LogP contribution is -2.59. The first-order valence-corrected chi connectivity index (χ1v) is 14.6. The normalized spacial score (nSPS) is 23.7. The van der Waals surface area contributed by atoms with Crippen LogP contribution >= 0.6 is 11.6 Å². The molecule has 1 aromatic carbocycles. The van der Waals surface area contributed by atoms with Gasteiger partial charge in [-0.25, -0.2) is 14.2 Å². The van der Waals surface area contributed by atoms with Gasteiger partial charge in [0, 0.05) is 50.8 Å². The lowest BCUT2D eigenvalue weighted by atomic mass is 10.1. The van der Waals surface area contributed by atoms with Gasteiger partial charge in [-0.2, -0.15) is 13.2 Å². The van der Waals surface area contributed by atoms with Gasteiger partial charge in [0.05, 0.1) is 13.2 Å². The second-order valence-electron chi connectivity index (χ2n) is 11.2. The first-order valence-electron chi connectivity index (χ1n) is 14.2. The Morgan fingerprint density at radius 3 is 2.55 bits per heavy atom. The topological polar surface area (TPSA) is 122 Å². The Hall–Kier alpha value is -3.60. The van der Waals surface area contributed by atoms with Gasteiger partial charge in [0.2, 0.25) is 5.91 Å². The number of hydrogen-bond donors (Lipinski definition) is 1. The smallest absolute Gasteiger partial charge is 0.378 e. The van der Waals surface area contributed by atoms with E-state index in [9.17, 15) is 32.3 Å². The van der Waals surface area contributed by atoms with Crippen LogP contribution in [0.1, 0.15) is 12.0 Å². The molecule has 3 saturated heterocycles. The number of carbonyl (C=O) groups excluding carboxylic acids is 2. The Labute approximate surface area is 254 Å². The molecular formula is C27H31ClF3N7O6. The number of anilines is 2. The summed E-state index contributed by atoms with van der Waals surface area (Å²) >= 11 is 6.49. The summed E-state index contributed by atoms with van der Waals surface area (Å²) in [5.41, 5.74) is -1.52. The summed E-state index contributed by atoms with van der Waals surface area (Å²) in [7, 11) is 1.25. The molecule has 1 aromatic heterocycles. The quantitative estimate of drug-likeness (QED) is 0.477. The fraction of sp³-hybridized carbons (Fsp3) is 0.556. The van der Waals surface area contributed by atoms with Crippen molar-refractivity contribution < 1.29 is 32.3 Å².